The maximum atomic E-state index is 14.8. The third-order valence-electron chi connectivity index (χ3n) is 10.0. The van der Waals surface area contributed by atoms with Gasteiger partial charge in [0, 0.05) is 11.1 Å². The first-order valence-corrected chi connectivity index (χ1v) is 23.5. The molecule has 274 valence electrons. The van der Waals surface area contributed by atoms with Gasteiger partial charge in [0.2, 0.25) is 0 Å². The Morgan fingerprint density at radius 1 is 0.412 bits per heavy atom. The summed E-state index contributed by atoms with van der Waals surface area (Å²) in [6, 6.07) is 27.7. The molecule has 0 N–H and O–H groups in total. The van der Waals surface area contributed by atoms with Gasteiger partial charge in [0.05, 0.1) is 21.3 Å². The summed E-state index contributed by atoms with van der Waals surface area (Å²) in [5, 5.41) is 3.82. The molecule has 7 heteroatoms. The van der Waals surface area contributed by atoms with Gasteiger partial charge < -0.3 is 0 Å². The van der Waals surface area contributed by atoms with Crippen molar-refractivity contribution in [2.75, 3.05) is 11.5 Å². The first-order chi connectivity index (χ1) is 24.8. The molecule has 0 atom stereocenters. The molecule has 0 fully saturated rings. The fourth-order valence-corrected chi connectivity index (χ4v) is 13.4. The summed E-state index contributed by atoms with van der Waals surface area (Å²) < 4.78 is 59.0. The molecule has 0 aliphatic rings. The molecule has 0 saturated carbocycles. The van der Waals surface area contributed by atoms with E-state index in [0.717, 1.165) is 71.2 Å². The van der Waals surface area contributed by atoms with Crippen molar-refractivity contribution in [2.45, 2.75) is 126 Å². The summed E-state index contributed by atoms with van der Waals surface area (Å²) in [6.45, 7) is 4.41. The van der Waals surface area contributed by atoms with Gasteiger partial charge in [-0.15, -0.1) is 11.3 Å². The Kier molecular flexibility index (Phi) is 14.8. The normalized spacial score (nSPS) is 12.3. The van der Waals surface area contributed by atoms with Crippen molar-refractivity contribution in [1.29, 1.82) is 0 Å². The monoisotopic (exact) mass is 744 g/mol. The second-order valence-corrected chi connectivity index (χ2v) is 19.2. The molecule has 5 aromatic rings. The van der Waals surface area contributed by atoms with Crippen molar-refractivity contribution in [3.8, 4) is 20.9 Å². The van der Waals surface area contributed by atoms with Crippen LogP contribution in [0.4, 0.5) is 0 Å². The summed E-state index contributed by atoms with van der Waals surface area (Å²) in [7, 11) is -7.96. The molecule has 1 heterocycles. The topological polar surface area (TPSA) is 68.3 Å². The summed E-state index contributed by atoms with van der Waals surface area (Å²) >= 11 is 1.33. The number of unbranched alkanes of at least 4 members (excludes halogenated alkanes) is 14. The van der Waals surface area contributed by atoms with E-state index in [1.165, 1.54) is 62.7 Å². The summed E-state index contributed by atoms with van der Waals surface area (Å²) in [4.78, 5) is 1.08. The van der Waals surface area contributed by atoms with E-state index in [2.05, 4.69) is 13.8 Å². The van der Waals surface area contributed by atoms with Crippen molar-refractivity contribution >= 4 is 52.6 Å². The summed E-state index contributed by atoms with van der Waals surface area (Å²) in [5.74, 6) is -0.128. The lowest BCUT2D eigenvalue weighted by atomic mass is 10.0. The van der Waals surface area contributed by atoms with E-state index in [1.54, 1.807) is 0 Å². The van der Waals surface area contributed by atoms with Crippen molar-refractivity contribution in [2.24, 2.45) is 0 Å². The summed E-state index contributed by atoms with van der Waals surface area (Å²) in [6.07, 6.45) is 16.5. The molecule has 0 bridgehead atoms. The van der Waals surface area contributed by atoms with Gasteiger partial charge in [-0.2, -0.15) is 0 Å². The largest absolute Gasteiger partial charge is 0.224 e. The minimum atomic E-state index is -3.98. The maximum absolute atomic E-state index is 14.8. The molecule has 51 heavy (non-hydrogen) atoms. The van der Waals surface area contributed by atoms with Crippen molar-refractivity contribution in [3.63, 3.8) is 0 Å². The standard InChI is InChI=1S/C44H56O4S3/c1-3-5-7-9-11-13-15-21-33-50(45,46)43-41(39-31-23-27-35-25-17-19-29-37(35)39)49-42(40-32-24-28-36-26-18-20-30-38(36)40)44(43)51(47,48)34-22-16-14-12-10-8-6-4-2/h17-20,23-32H,3-16,21-22,33-34H2,1-2H3. The van der Waals surface area contributed by atoms with Crippen LogP contribution in [0.25, 0.3) is 42.4 Å². The number of hydrogen-bond donors (Lipinski definition) is 0. The highest BCUT2D eigenvalue weighted by Gasteiger charge is 2.36. The second-order valence-electron chi connectivity index (χ2n) is 14.1. The molecular weight excluding hydrogens is 689 g/mol. The van der Waals surface area contributed by atoms with E-state index in [4.69, 9.17) is 0 Å². The van der Waals surface area contributed by atoms with Gasteiger partial charge in [0.1, 0.15) is 9.79 Å². The zero-order chi connectivity index (χ0) is 36.1. The Hall–Kier alpha value is -3.00. The van der Waals surface area contributed by atoms with Gasteiger partial charge in [0.25, 0.3) is 0 Å². The highest BCUT2D eigenvalue weighted by atomic mass is 32.2. The molecule has 0 aliphatic carbocycles. The van der Waals surface area contributed by atoms with Crippen LogP contribution in [-0.4, -0.2) is 28.3 Å². The van der Waals surface area contributed by atoms with Crippen molar-refractivity contribution in [3.05, 3.63) is 84.9 Å². The number of rotatable bonds is 22. The second kappa shape index (κ2) is 19.2. The van der Waals surface area contributed by atoms with Crippen molar-refractivity contribution in [1.82, 2.24) is 0 Å². The van der Waals surface area contributed by atoms with Crippen LogP contribution in [0, 0.1) is 0 Å². The van der Waals surface area contributed by atoms with Gasteiger partial charge in [0.15, 0.2) is 19.7 Å². The first kappa shape index (κ1) is 39.2. The molecule has 0 radical (unpaired) electrons. The number of benzene rings is 4. The Bertz CT molecular complexity index is 1920. The fourth-order valence-electron chi connectivity index (χ4n) is 7.22. The van der Waals surface area contributed by atoms with Gasteiger partial charge in [-0.05, 0) is 34.4 Å². The van der Waals surface area contributed by atoms with Gasteiger partial charge in [-0.25, -0.2) is 16.8 Å². The van der Waals surface area contributed by atoms with E-state index in [-0.39, 0.29) is 21.3 Å². The zero-order valence-electron chi connectivity index (χ0n) is 30.7. The lowest BCUT2D eigenvalue weighted by Crippen LogP contribution is -2.15. The lowest BCUT2D eigenvalue weighted by molar-refractivity contribution is 0.566. The fraction of sp³-hybridized carbons (Fsp3) is 0.455. The molecular formula is C44H56O4S3. The van der Waals surface area contributed by atoms with Crippen LogP contribution >= 0.6 is 11.3 Å². The number of fused-ring (bicyclic) bond motifs is 2. The van der Waals surface area contributed by atoms with Gasteiger partial charge >= 0.3 is 0 Å². The molecule has 0 saturated heterocycles. The van der Waals surface area contributed by atoms with E-state index in [0.29, 0.717) is 22.6 Å². The minimum Gasteiger partial charge on any atom is -0.224 e. The van der Waals surface area contributed by atoms with Crippen LogP contribution in [0.5, 0.6) is 0 Å². The number of thiophene rings is 1. The molecule has 4 nitrogen and oxygen atoms in total. The molecule has 4 aromatic carbocycles. The van der Waals surface area contributed by atoms with Crippen LogP contribution in [0.15, 0.2) is 94.7 Å². The van der Waals surface area contributed by atoms with Crippen molar-refractivity contribution < 1.29 is 16.8 Å². The predicted molar refractivity (Wildman–Crippen MR) is 220 cm³/mol. The van der Waals surface area contributed by atoms with Crippen LogP contribution < -0.4 is 0 Å². The Morgan fingerprint density at radius 3 is 1.14 bits per heavy atom. The van der Waals surface area contributed by atoms with Gasteiger partial charge in [-0.1, -0.05) is 189 Å². The summed E-state index contributed by atoms with van der Waals surface area (Å²) in [5.41, 5.74) is 1.53. The molecule has 0 amide bonds. The molecule has 0 unspecified atom stereocenters. The Morgan fingerprint density at radius 2 is 0.745 bits per heavy atom. The number of hydrogen-bond acceptors (Lipinski definition) is 5. The molecule has 1 aromatic heterocycles. The minimum absolute atomic E-state index is 0.00861. The maximum Gasteiger partial charge on any atom is 0.181 e. The van der Waals surface area contributed by atoms with E-state index in [1.807, 2.05) is 84.9 Å². The third kappa shape index (κ3) is 10.1. The van der Waals surface area contributed by atoms with Crippen LogP contribution in [-0.2, 0) is 19.7 Å². The first-order valence-electron chi connectivity index (χ1n) is 19.4. The van der Waals surface area contributed by atoms with Crippen LogP contribution in [0.2, 0.25) is 0 Å². The highest BCUT2D eigenvalue weighted by molar-refractivity contribution is 7.95. The highest BCUT2D eigenvalue weighted by Crippen LogP contribution is 2.50. The third-order valence-corrected chi connectivity index (χ3v) is 15.4. The quantitative estimate of drug-likeness (QED) is 0.0662. The molecule has 0 aliphatic heterocycles. The SMILES string of the molecule is CCCCCCCCCCS(=O)(=O)c1c(-c2cccc3ccccc23)sc(-c2cccc3ccccc23)c1S(=O)(=O)CCCCCCCCCC. The zero-order valence-corrected chi connectivity index (χ0v) is 33.1. The lowest BCUT2D eigenvalue weighted by Gasteiger charge is -2.13. The van der Waals surface area contributed by atoms with E-state index in [9.17, 15) is 16.8 Å². The predicted octanol–water partition coefficient (Wildman–Crippen LogP) is 13.2. The van der Waals surface area contributed by atoms with Crippen LogP contribution in [0.1, 0.15) is 117 Å². The average Bonchev–Trinajstić information content (AvgIpc) is 3.56. The van der Waals surface area contributed by atoms with Gasteiger partial charge in [-0.3, -0.25) is 0 Å². The smallest absolute Gasteiger partial charge is 0.181 e. The Labute approximate surface area is 311 Å². The van der Waals surface area contributed by atoms with Crippen LogP contribution in [0.3, 0.4) is 0 Å². The Balaban J connectivity index is 1.61. The average molecular weight is 745 g/mol. The van der Waals surface area contributed by atoms with E-state index < -0.39 is 19.7 Å². The number of sulfone groups is 2. The molecule has 0 spiro atoms. The van der Waals surface area contributed by atoms with E-state index >= 15 is 0 Å². The molecule has 5 rings (SSSR count).